The van der Waals surface area contributed by atoms with Crippen molar-refractivity contribution in [1.82, 2.24) is 9.97 Å². The third-order valence-electron chi connectivity index (χ3n) is 3.51. The summed E-state index contributed by atoms with van der Waals surface area (Å²) in [7, 11) is 1.68. The van der Waals surface area contributed by atoms with Crippen LogP contribution >= 0.6 is 0 Å². The Balaban J connectivity index is 1.80. The molecule has 24 heavy (non-hydrogen) atoms. The van der Waals surface area contributed by atoms with Gasteiger partial charge in [-0.2, -0.15) is 0 Å². The lowest BCUT2D eigenvalue weighted by Gasteiger charge is -2.06. The number of hydrogen-bond acceptors (Lipinski definition) is 3. The van der Waals surface area contributed by atoms with Gasteiger partial charge in [-0.25, -0.2) is 0 Å². The van der Waals surface area contributed by atoms with Crippen molar-refractivity contribution in [3.63, 3.8) is 0 Å². The van der Waals surface area contributed by atoms with Gasteiger partial charge < -0.3 is 4.74 Å². The monoisotopic (exact) mass is 314 g/mol. The average molecular weight is 314 g/mol. The third kappa shape index (κ3) is 4.17. The molecule has 2 heterocycles. The molecule has 3 heteroatoms. The van der Waals surface area contributed by atoms with Gasteiger partial charge in [-0.05, 0) is 54.1 Å². The quantitative estimate of drug-likeness (QED) is 0.677. The second kappa shape index (κ2) is 7.88. The highest BCUT2D eigenvalue weighted by Crippen LogP contribution is 2.23. The van der Waals surface area contributed by atoms with Crippen molar-refractivity contribution >= 4 is 24.3 Å². The van der Waals surface area contributed by atoms with Gasteiger partial charge >= 0.3 is 0 Å². The van der Waals surface area contributed by atoms with Crippen LogP contribution in [0.15, 0.2) is 67.0 Å². The molecule has 0 bridgehead atoms. The molecule has 3 aromatic rings. The number of ether oxygens (including phenoxy) is 1. The van der Waals surface area contributed by atoms with E-state index in [1.807, 2.05) is 72.8 Å². The lowest BCUT2D eigenvalue weighted by Crippen LogP contribution is -1.88. The maximum Gasteiger partial charge on any atom is 0.126 e. The average Bonchev–Trinajstić information content (AvgIpc) is 2.66. The van der Waals surface area contributed by atoms with Crippen molar-refractivity contribution in [3.8, 4) is 5.75 Å². The Morgan fingerprint density at radius 1 is 0.750 bits per heavy atom. The van der Waals surface area contributed by atoms with Crippen LogP contribution in [0.1, 0.15) is 22.5 Å². The minimum absolute atomic E-state index is 0.824. The van der Waals surface area contributed by atoms with Crippen molar-refractivity contribution < 1.29 is 4.74 Å². The number of aromatic nitrogens is 2. The minimum atomic E-state index is 0.824. The molecular weight excluding hydrogens is 296 g/mol. The van der Waals surface area contributed by atoms with Gasteiger partial charge in [0.2, 0.25) is 0 Å². The van der Waals surface area contributed by atoms with E-state index in [-0.39, 0.29) is 0 Å². The van der Waals surface area contributed by atoms with Crippen LogP contribution in [0.5, 0.6) is 5.75 Å². The molecule has 3 nitrogen and oxygen atoms in total. The summed E-state index contributed by atoms with van der Waals surface area (Å²) in [5.74, 6) is 0.824. The molecule has 0 aliphatic carbocycles. The first-order valence-corrected chi connectivity index (χ1v) is 7.71. The SMILES string of the molecule is COc1cc(/C=C/c2ccccn2)ccc1/C=C/c1ccccn1. The van der Waals surface area contributed by atoms with Gasteiger partial charge in [0.25, 0.3) is 0 Å². The van der Waals surface area contributed by atoms with Crippen molar-refractivity contribution in [2.24, 2.45) is 0 Å². The van der Waals surface area contributed by atoms with Crippen molar-refractivity contribution in [2.45, 2.75) is 0 Å². The van der Waals surface area contributed by atoms with Crippen molar-refractivity contribution in [1.29, 1.82) is 0 Å². The zero-order valence-corrected chi connectivity index (χ0v) is 13.5. The molecule has 0 fully saturated rings. The zero-order chi connectivity index (χ0) is 16.6. The molecule has 0 atom stereocenters. The smallest absolute Gasteiger partial charge is 0.126 e. The van der Waals surface area contributed by atoms with Crippen LogP contribution in [0.2, 0.25) is 0 Å². The van der Waals surface area contributed by atoms with Gasteiger partial charge in [0.15, 0.2) is 0 Å². The van der Waals surface area contributed by atoms with Gasteiger partial charge in [0.05, 0.1) is 18.5 Å². The maximum absolute atomic E-state index is 5.51. The number of hydrogen-bond donors (Lipinski definition) is 0. The van der Waals surface area contributed by atoms with Crippen LogP contribution in [-0.2, 0) is 0 Å². The Bertz CT molecular complexity index is 840. The molecule has 0 aliphatic heterocycles. The molecule has 0 spiro atoms. The van der Waals surface area contributed by atoms with Crippen LogP contribution < -0.4 is 4.74 Å². The number of rotatable bonds is 5. The normalized spacial score (nSPS) is 11.2. The van der Waals surface area contributed by atoms with E-state index >= 15 is 0 Å². The van der Waals surface area contributed by atoms with Gasteiger partial charge in [-0.15, -0.1) is 0 Å². The lowest BCUT2D eigenvalue weighted by molar-refractivity contribution is 0.414. The largest absolute Gasteiger partial charge is 0.496 e. The van der Waals surface area contributed by atoms with E-state index in [4.69, 9.17) is 4.74 Å². The molecule has 3 rings (SSSR count). The molecule has 118 valence electrons. The summed E-state index contributed by atoms with van der Waals surface area (Å²) in [5, 5.41) is 0. The summed E-state index contributed by atoms with van der Waals surface area (Å²) in [5.41, 5.74) is 3.92. The molecule has 0 aliphatic rings. The molecule has 0 saturated carbocycles. The van der Waals surface area contributed by atoms with E-state index in [2.05, 4.69) is 16.0 Å². The second-order valence-corrected chi connectivity index (χ2v) is 5.18. The van der Waals surface area contributed by atoms with Gasteiger partial charge in [-0.1, -0.05) is 30.3 Å². The van der Waals surface area contributed by atoms with Crippen LogP contribution in [0.4, 0.5) is 0 Å². The number of nitrogens with zero attached hydrogens (tertiary/aromatic N) is 2. The summed E-state index contributed by atoms with van der Waals surface area (Å²) in [6.45, 7) is 0. The number of methoxy groups -OCH3 is 1. The molecule has 0 amide bonds. The first-order valence-electron chi connectivity index (χ1n) is 7.71. The first kappa shape index (κ1) is 15.7. The molecular formula is C21H18N2O. The first-order chi connectivity index (χ1) is 11.8. The number of benzene rings is 1. The van der Waals surface area contributed by atoms with Crippen molar-refractivity contribution in [2.75, 3.05) is 7.11 Å². The van der Waals surface area contributed by atoms with Gasteiger partial charge in [0, 0.05) is 18.0 Å². The summed E-state index contributed by atoms with van der Waals surface area (Å²) in [6, 6.07) is 17.8. The Morgan fingerprint density at radius 2 is 1.42 bits per heavy atom. The molecule has 1 aromatic carbocycles. The number of pyridine rings is 2. The molecule has 0 saturated heterocycles. The van der Waals surface area contributed by atoms with Crippen molar-refractivity contribution in [3.05, 3.63) is 89.5 Å². The standard InChI is InChI=1S/C21H18N2O/c1-24-21-16-17(9-12-19-6-2-4-14-22-19)8-10-18(21)11-13-20-7-3-5-15-23-20/h2-16H,1H3/b12-9+,13-11+. The zero-order valence-electron chi connectivity index (χ0n) is 13.5. The molecule has 2 aromatic heterocycles. The lowest BCUT2D eigenvalue weighted by atomic mass is 10.1. The molecule has 0 radical (unpaired) electrons. The highest BCUT2D eigenvalue weighted by atomic mass is 16.5. The fourth-order valence-electron chi connectivity index (χ4n) is 2.27. The molecule has 0 N–H and O–H groups in total. The maximum atomic E-state index is 5.51. The summed E-state index contributed by atoms with van der Waals surface area (Å²) in [4.78, 5) is 8.56. The Kier molecular flexibility index (Phi) is 5.15. The summed E-state index contributed by atoms with van der Waals surface area (Å²) in [6.07, 6.45) is 11.6. The van der Waals surface area contributed by atoms with Crippen LogP contribution in [-0.4, -0.2) is 17.1 Å². The predicted octanol–water partition coefficient (Wildman–Crippen LogP) is 4.83. The van der Waals surface area contributed by atoms with Crippen LogP contribution in [0.25, 0.3) is 24.3 Å². The van der Waals surface area contributed by atoms with E-state index in [9.17, 15) is 0 Å². The Morgan fingerprint density at radius 3 is 2.00 bits per heavy atom. The van der Waals surface area contributed by atoms with E-state index in [1.54, 1.807) is 19.5 Å². The van der Waals surface area contributed by atoms with E-state index in [1.165, 1.54) is 0 Å². The van der Waals surface area contributed by atoms with E-state index in [0.717, 1.165) is 28.3 Å². The molecule has 0 unspecified atom stereocenters. The fourth-order valence-corrected chi connectivity index (χ4v) is 2.27. The van der Waals surface area contributed by atoms with E-state index < -0.39 is 0 Å². The van der Waals surface area contributed by atoms with E-state index in [0.29, 0.717) is 0 Å². The highest BCUT2D eigenvalue weighted by Gasteiger charge is 2.00. The third-order valence-corrected chi connectivity index (χ3v) is 3.51. The Hall–Kier alpha value is -3.20. The summed E-state index contributed by atoms with van der Waals surface area (Å²) >= 11 is 0. The van der Waals surface area contributed by atoms with Gasteiger partial charge in [0.1, 0.15) is 5.75 Å². The second-order valence-electron chi connectivity index (χ2n) is 5.18. The Labute approximate surface area is 142 Å². The topological polar surface area (TPSA) is 35.0 Å². The fraction of sp³-hybridized carbons (Fsp3) is 0.0476. The highest BCUT2D eigenvalue weighted by molar-refractivity contribution is 5.74. The van der Waals surface area contributed by atoms with Crippen LogP contribution in [0.3, 0.4) is 0 Å². The summed E-state index contributed by atoms with van der Waals surface area (Å²) < 4.78 is 5.51. The predicted molar refractivity (Wildman–Crippen MR) is 99.3 cm³/mol. The van der Waals surface area contributed by atoms with Gasteiger partial charge in [-0.3, -0.25) is 9.97 Å². The minimum Gasteiger partial charge on any atom is -0.496 e. The van der Waals surface area contributed by atoms with Crippen LogP contribution in [0, 0.1) is 0 Å².